The van der Waals surface area contributed by atoms with E-state index in [0.29, 0.717) is 6.42 Å². The highest BCUT2D eigenvalue weighted by Crippen LogP contribution is 2.08. The predicted octanol–water partition coefficient (Wildman–Crippen LogP) is -0.392. The zero-order chi connectivity index (χ0) is 10.3. The standard InChI is InChI=1S/C9H21NO3/c1-2-3-4-5-8(12)9(13)7(10)6-11/h7-9,11-13H,2-6,10H2,1H3. The van der Waals surface area contributed by atoms with Gasteiger partial charge in [0.25, 0.3) is 0 Å². The van der Waals surface area contributed by atoms with Gasteiger partial charge in [0, 0.05) is 0 Å². The van der Waals surface area contributed by atoms with Gasteiger partial charge in [-0.2, -0.15) is 0 Å². The molecule has 0 rings (SSSR count). The van der Waals surface area contributed by atoms with E-state index in [4.69, 9.17) is 10.8 Å². The van der Waals surface area contributed by atoms with Crippen molar-refractivity contribution in [1.82, 2.24) is 0 Å². The van der Waals surface area contributed by atoms with Crippen molar-refractivity contribution in [3.63, 3.8) is 0 Å². The van der Waals surface area contributed by atoms with Gasteiger partial charge in [-0.25, -0.2) is 0 Å². The van der Waals surface area contributed by atoms with E-state index >= 15 is 0 Å². The molecule has 13 heavy (non-hydrogen) atoms. The van der Waals surface area contributed by atoms with Crippen LogP contribution in [0.25, 0.3) is 0 Å². The topological polar surface area (TPSA) is 86.7 Å². The van der Waals surface area contributed by atoms with Crippen molar-refractivity contribution in [2.24, 2.45) is 5.73 Å². The van der Waals surface area contributed by atoms with Crippen LogP contribution in [0.2, 0.25) is 0 Å². The SMILES string of the molecule is CCCCCC(O)C(O)C(N)CO. The molecule has 0 fully saturated rings. The van der Waals surface area contributed by atoms with Crippen molar-refractivity contribution < 1.29 is 15.3 Å². The van der Waals surface area contributed by atoms with Gasteiger partial charge in [0.05, 0.1) is 24.9 Å². The first-order valence-corrected chi connectivity index (χ1v) is 4.86. The molecule has 0 saturated heterocycles. The molecule has 4 nitrogen and oxygen atoms in total. The molecule has 0 aliphatic carbocycles. The summed E-state index contributed by atoms with van der Waals surface area (Å²) in [5.41, 5.74) is 5.36. The minimum atomic E-state index is -1.01. The van der Waals surface area contributed by atoms with Crippen LogP contribution in [0.15, 0.2) is 0 Å². The Kier molecular flexibility index (Phi) is 7.17. The lowest BCUT2D eigenvalue weighted by Crippen LogP contribution is -2.45. The molecule has 0 amide bonds. The molecule has 5 N–H and O–H groups in total. The maximum absolute atomic E-state index is 9.40. The molecule has 4 heteroatoms. The monoisotopic (exact) mass is 191 g/mol. The van der Waals surface area contributed by atoms with Gasteiger partial charge in [0.1, 0.15) is 0 Å². The van der Waals surface area contributed by atoms with Crippen LogP contribution in [0.5, 0.6) is 0 Å². The average molecular weight is 191 g/mol. The second-order valence-electron chi connectivity index (χ2n) is 3.40. The van der Waals surface area contributed by atoms with Gasteiger partial charge in [-0.3, -0.25) is 0 Å². The summed E-state index contributed by atoms with van der Waals surface area (Å²) in [6.07, 6.45) is 1.72. The molecule has 0 saturated carbocycles. The summed E-state index contributed by atoms with van der Waals surface area (Å²) in [4.78, 5) is 0. The van der Waals surface area contributed by atoms with Crippen LogP contribution in [-0.4, -0.2) is 40.2 Å². The summed E-state index contributed by atoms with van der Waals surface area (Å²) >= 11 is 0. The summed E-state index contributed by atoms with van der Waals surface area (Å²) in [5, 5.41) is 27.4. The van der Waals surface area contributed by atoms with Crippen LogP contribution in [0.3, 0.4) is 0 Å². The number of hydrogen-bond acceptors (Lipinski definition) is 4. The van der Waals surface area contributed by atoms with E-state index in [1.165, 1.54) is 0 Å². The van der Waals surface area contributed by atoms with Crippen LogP contribution < -0.4 is 5.73 Å². The van der Waals surface area contributed by atoms with Crippen molar-refractivity contribution in [1.29, 1.82) is 0 Å². The largest absolute Gasteiger partial charge is 0.395 e. The molecule has 3 unspecified atom stereocenters. The predicted molar refractivity (Wildman–Crippen MR) is 51.2 cm³/mol. The van der Waals surface area contributed by atoms with E-state index in [1.807, 2.05) is 0 Å². The van der Waals surface area contributed by atoms with Gasteiger partial charge >= 0.3 is 0 Å². The quantitative estimate of drug-likeness (QED) is 0.413. The fourth-order valence-corrected chi connectivity index (χ4v) is 1.17. The Bertz CT molecular complexity index is 121. The van der Waals surface area contributed by atoms with Gasteiger partial charge < -0.3 is 21.1 Å². The highest BCUT2D eigenvalue weighted by Gasteiger charge is 2.21. The van der Waals surface area contributed by atoms with Gasteiger partial charge in [0.15, 0.2) is 0 Å². The van der Waals surface area contributed by atoms with E-state index in [2.05, 4.69) is 6.92 Å². The van der Waals surface area contributed by atoms with Crippen LogP contribution in [0.1, 0.15) is 32.6 Å². The molecular weight excluding hydrogens is 170 g/mol. The van der Waals surface area contributed by atoms with E-state index in [1.54, 1.807) is 0 Å². The second kappa shape index (κ2) is 7.26. The van der Waals surface area contributed by atoms with Gasteiger partial charge in [-0.1, -0.05) is 26.2 Å². The van der Waals surface area contributed by atoms with E-state index < -0.39 is 18.2 Å². The number of rotatable bonds is 7. The van der Waals surface area contributed by atoms with Crippen molar-refractivity contribution in [3.05, 3.63) is 0 Å². The van der Waals surface area contributed by atoms with E-state index in [-0.39, 0.29) is 6.61 Å². The number of unbranched alkanes of at least 4 members (excludes halogenated alkanes) is 2. The summed E-state index contributed by atoms with van der Waals surface area (Å²) < 4.78 is 0. The average Bonchev–Trinajstić information content (AvgIpc) is 2.15. The molecule has 0 bridgehead atoms. The minimum Gasteiger partial charge on any atom is -0.395 e. The minimum absolute atomic E-state index is 0.300. The third-order valence-corrected chi connectivity index (χ3v) is 2.15. The molecule has 0 heterocycles. The first-order valence-electron chi connectivity index (χ1n) is 4.86. The summed E-state index contributed by atoms with van der Waals surface area (Å²) in [5.74, 6) is 0. The lowest BCUT2D eigenvalue weighted by atomic mass is 10.0. The maximum Gasteiger partial charge on any atom is 0.0971 e. The molecule has 0 spiro atoms. The zero-order valence-electron chi connectivity index (χ0n) is 8.19. The number of aliphatic hydroxyl groups excluding tert-OH is 3. The molecule has 3 atom stereocenters. The molecule has 0 aromatic rings. The summed E-state index contributed by atoms with van der Waals surface area (Å²) in [6.45, 7) is 1.77. The molecule has 0 radical (unpaired) electrons. The lowest BCUT2D eigenvalue weighted by Gasteiger charge is -2.22. The van der Waals surface area contributed by atoms with Gasteiger partial charge in [-0.15, -0.1) is 0 Å². The Hall–Kier alpha value is -0.160. The third kappa shape index (κ3) is 5.21. The first kappa shape index (κ1) is 12.8. The Morgan fingerprint density at radius 3 is 2.31 bits per heavy atom. The third-order valence-electron chi connectivity index (χ3n) is 2.15. The second-order valence-corrected chi connectivity index (χ2v) is 3.40. The smallest absolute Gasteiger partial charge is 0.0971 e. The molecule has 0 aliphatic heterocycles. The molecule has 80 valence electrons. The summed E-state index contributed by atoms with van der Waals surface area (Å²) in [6, 6.07) is -0.739. The van der Waals surface area contributed by atoms with Crippen LogP contribution in [-0.2, 0) is 0 Å². The van der Waals surface area contributed by atoms with Gasteiger partial charge in [-0.05, 0) is 6.42 Å². The van der Waals surface area contributed by atoms with E-state index in [0.717, 1.165) is 19.3 Å². The number of nitrogens with two attached hydrogens (primary N) is 1. The zero-order valence-corrected chi connectivity index (χ0v) is 8.19. The van der Waals surface area contributed by atoms with Crippen LogP contribution in [0, 0.1) is 0 Å². The van der Waals surface area contributed by atoms with Crippen LogP contribution in [0.4, 0.5) is 0 Å². The van der Waals surface area contributed by atoms with Crippen molar-refractivity contribution in [2.45, 2.75) is 50.9 Å². The van der Waals surface area contributed by atoms with E-state index in [9.17, 15) is 10.2 Å². The Morgan fingerprint density at radius 1 is 1.23 bits per heavy atom. The fourth-order valence-electron chi connectivity index (χ4n) is 1.17. The molecule has 0 aromatic carbocycles. The van der Waals surface area contributed by atoms with Gasteiger partial charge in [0.2, 0.25) is 0 Å². The highest BCUT2D eigenvalue weighted by atomic mass is 16.3. The Labute approximate surface area is 79.4 Å². The molecular formula is C9H21NO3. The first-order chi connectivity index (χ1) is 6.13. The summed E-state index contributed by atoms with van der Waals surface area (Å²) in [7, 11) is 0. The molecule has 0 aromatic heterocycles. The number of hydrogen-bond donors (Lipinski definition) is 4. The number of aliphatic hydroxyl groups is 3. The maximum atomic E-state index is 9.40. The van der Waals surface area contributed by atoms with Crippen molar-refractivity contribution >= 4 is 0 Å². The van der Waals surface area contributed by atoms with Crippen molar-refractivity contribution in [3.8, 4) is 0 Å². The normalized spacial score (nSPS) is 18.2. The lowest BCUT2D eigenvalue weighted by molar-refractivity contribution is -0.0121. The van der Waals surface area contributed by atoms with Crippen LogP contribution >= 0.6 is 0 Å². The molecule has 0 aliphatic rings. The fraction of sp³-hybridized carbons (Fsp3) is 1.00. The van der Waals surface area contributed by atoms with Crippen molar-refractivity contribution in [2.75, 3.05) is 6.61 Å². The highest BCUT2D eigenvalue weighted by molar-refractivity contribution is 4.77. The Morgan fingerprint density at radius 2 is 1.85 bits per heavy atom. The Balaban J connectivity index is 3.62.